The molecule has 3 aromatic carbocycles. The number of carbonyl (C=O) groups is 3. The highest BCUT2D eigenvalue weighted by atomic mass is 35.5. The Morgan fingerprint density at radius 1 is 1.00 bits per heavy atom. The van der Waals surface area contributed by atoms with Crippen molar-refractivity contribution in [2.24, 2.45) is 0 Å². The van der Waals surface area contributed by atoms with Crippen LogP contribution in [0.3, 0.4) is 0 Å². The summed E-state index contributed by atoms with van der Waals surface area (Å²) in [4.78, 5) is 38.2. The fourth-order valence-corrected chi connectivity index (χ4v) is 3.36. The van der Waals surface area contributed by atoms with Gasteiger partial charge in [0.2, 0.25) is 0 Å². The Kier molecular flexibility index (Phi) is 3.45. The van der Waals surface area contributed by atoms with Crippen molar-refractivity contribution in [2.45, 2.75) is 0 Å². The van der Waals surface area contributed by atoms with Gasteiger partial charge in [-0.3, -0.25) is 9.59 Å². The molecule has 0 spiro atoms. The van der Waals surface area contributed by atoms with Crippen molar-refractivity contribution in [2.75, 3.05) is 10.6 Å². The number of carboxylic acid groups (broad SMARTS) is 1. The van der Waals surface area contributed by atoms with Crippen LogP contribution in [0.5, 0.6) is 0 Å². The van der Waals surface area contributed by atoms with E-state index in [-0.39, 0.29) is 16.3 Å². The number of carbonyl (C=O) groups excluding carboxylic acids is 2. The van der Waals surface area contributed by atoms with Gasteiger partial charge < -0.3 is 10.8 Å². The van der Waals surface area contributed by atoms with Gasteiger partial charge in [-0.05, 0) is 36.4 Å². The fourth-order valence-electron chi connectivity index (χ4n) is 3.15. The van der Waals surface area contributed by atoms with Crippen LogP contribution in [0.1, 0.15) is 31.1 Å². The molecule has 0 bridgehead atoms. The zero-order valence-electron chi connectivity index (χ0n) is 13.2. The standard InChI is InChI=1S/C19H11ClN2O4/c20-13-6-4-9(19(25)26)8-15(13)22-17(23)11-3-1-2-10-14(21)7-5-12(16(10)11)18(22)24/h1-8H,21H2,(H,25,26). The summed E-state index contributed by atoms with van der Waals surface area (Å²) >= 11 is 6.16. The van der Waals surface area contributed by atoms with Gasteiger partial charge in [0.1, 0.15) is 0 Å². The normalized spacial score (nSPS) is 13.3. The van der Waals surface area contributed by atoms with Crippen LogP contribution in [-0.2, 0) is 0 Å². The molecule has 0 aromatic heterocycles. The molecule has 3 N–H and O–H groups in total. The molecule has 0 radical (unpaired) electrons. The molecule has 4 rings (SSSR count). The van der Waals surface area contributed by atoms with Crippen LogP contribution in [0, 0.1) is 0 Å². The zero-order valence-corrected chi connectivity index (χ0v) is 13.9. The summed E-state index contributed by atoms with van der Waals surface area (Å²) in [5.41, 5.74) is 6.99. The van der Waals surface area contributed by atoms with Gasteiger partial charge >= 0.3 is 5.97 Å². The minimum absolute atomic E-state index is 0.0287. The number of carboxylic acids is 1. The van der Waals surface area contributed by atoms with E-state index in [0.717, 1.165) is 4.90 Å². The number of nitrogens with two attached hydrogens (primary N) is 1. The van der Waals surface area contributed by atoms with Crippen LogP contribution in [0.15, 0.2) is 48.5 Å². The van der Waals surface area contributed by atoms with Crippen molar-refractivity contribution in [3.63, 3.8) is 0 Å². The Balaban J connectivity index is 1.99. The minimum atomic E-state index is -1.19. The smallest absolute Gasteiger partial charge is 0.335 e. The number of halogens is 1. The highest BCUT2D eigenvalue weighted by Gasteiger charge is 2.35. The Hall–Kier alpha value is -3.38. The van der Waals surface area contributed by atoms with E-state index in [1.807, 2.05) is 0 Å². The number of nitrogen functional groups attached to an aromatic ring is 1. The maximum atomic E-state index is 13.0. The quantitative estimate of drug-likeness (QED) is 0.533. The fraction of sp³-hybridized carbons (Fsp3) is 0. The number of hydrogen-bond donors (Lipinski definition) is 2. The van der Waals surface area contributed by atoms with Crippen LogP contribution in [0.25, 0.3) is 10.8 Å². The van der Waals surface area contributed by atoms with Crippen LogP contribution >= 0.6 is 11.6 Å². The molecule has 128 valence electrons. The predicted molar refractivity (Wildman–Crippen MR) is 97.9 cm³/mol. The van der Waals surface area contributed by atoms with Crippen molar-refractivity contribution in [1.82, 2.24) is 0 Å². The lowest BCUT2D eigenvalue weighted by Crippen LogP contribution is -2.40. The first-order valence-corrected chi connectivity index (χ1v) is 8.01. The Morgan fingerprint density at radius 3 is 2.38 bits per heavy atom. The van der Waals surface area contributed by atoms with Crippen LogP contribution in [-0.4, -0.2) is 22.9 Å². The lowest BCUT2D eigenvalue weighted by molar-refractivity contribution is 0.0695. The highest BCUT2D eigenvalue weighted by Crippen LogP contribution is 2.37. The molecule has 2 amide bonds. The van der Waals surface area contributed by atoms with Gasteiger partial charge in [0.05, 0.1) is 16.3 Å². The maximum Gasteiger partial charge on any atom is 0.335 e. The molecule has 0 saturated heterocycles. The Morgan fingerprint density at radius 2 is 1.69 bits per heavy atom. The van der Waals surface area contributed by atoms with E-state index >= 15 is 0 Å². The number of rotatable bonds is 2. The van der Waals surface area contributed by atoms with Crippen molar-refractivity contribution >= 4 is 51.5 Å². The second-order valence-corrected chi connectivity index (χ2v) is 6.25. The molecule has 0 atom stereocenters. The third-order valence-electron chi connectivity index (χ3n) is 4.38. The van der Waals surface area contributed by atoms with Crippen LogP contribution in [0.4, 0.5) is 11.4 Å². The number of imide groups is 1. The lowest BCUT2D eigenvalue weighted by Gasteiger charge is -2.28. The number of amides is 2. The van der Waals surface area contributed by atoms with E-state index in [1.165, 1.54) is 18.2 Å². The molecule has 7 heteroatoms. The monoisotopic (exact) mass is 366 g/mol. The average Bonchev–Trinajstić information content (AvgIpc) is 2.62. The molecule has 1 aliphatic rings. The lowest BCUT2D eigenvalue weighted by atomic mass is 9.92. The van der Waals surface area contributed by atoms with Crippen molar-refractivity contribution < 1.29 is 19.5 Å². The second kappa shape index (κ2) is 5.57. The van der Waals surface area contributed by atoms with Gasteiger partial charge in [-0.15, -0.1) is 0 Å². The second-order valence-electron chi connectivity index (χ2n) is 5.85. The zero-order chi connectivity index (χ0) is 18.6. The third kappa shape index (κ3) is 2.16. The van der Waals surface area contributed by atoms with Crippen LogP contribution in [0.2, 0.25) is 5.02 Å². The SMILES string of the molecule is Nc1ccc2c3c(cccc13)C(=O)N(c1cc(C(=O)O)ccc1Cl)C2=O. The van der Waals surface area contributed by atoms with Gasteiger partial charge in [0.15, 0.2) is 0 Å². The average molecular weight is 367 g/mol. The molecule has 1 heterocycles. The number of anilines is 2. The van der Waals surface area contributed by atoms with Crippen molar-refractivity contribution in [3.8, 4) is 0 Å². The van der Waals surface area contributed by atoms with Gasteiger partial charge in [-0.1, -0.05) is 23.7 Å². The maximum absolute atomic E-state index is 13.0. The minimum Gasteiger partial charge on any atom is -0.478 e. The summed E-state index contributed by atoms with van der Waals surface area (Å²) in [6.07, 6.45) is 0. The first-order valence-electron chi connectivity index (χ1n) is 7.63. The van der Waals surface area contributed by atoms with E-state index < -0.39 is 17.8 Å². The topological polar surface area (TPSA) is 101 Å². The van der Waals surface area contributed by atoms with E-state index in [0.29, 0.717) is 27.6 Å². The van der Waals surface area contributed by atoms with Gasteiger partial charge in [-0.2, -0.15) is 0 Å². The summed E-state index contributed by atoms with van der Waals surface area (Å²) in [5.74, 6) is -2.35. The summed E-state index contributed by atoms with van der Waals surface area (Å²) in [7, 11) is 0. The third-order valence-corrected chi connectivity index (χ3v) is 4.69. The van der Waals surface area contributed by atoms with Crippen molar-refractivity contribution in [1.29, 1.82) is 0 Å². The van der Waals surface area contributed by atoms with Crippen molar-refractivity contribution in [3.05, 3.63) is 70.2 Å². The highest BCUT2D eigenvalue weighted by molar-refractivity contribution is 6.40. The summed E-state index contributed by atoms with van der Waals surface area (Å²) in [5, 5.41) is 10.4. The molecule has 26 heavy (non-hydrogen) atoms. The molecule has 1 aliphatic heterocycles. The number of nitrogens with zero attached hydrogens (tertiary/aromatic N) is 1. The summed E-state index contributed by atoms with van der Waals surface area (Å²) in [6, 6.07) is 12.0. The molecule has 0 aliphatic carbocycles. The first-order chi connectivity index (χ1) is 12.4. The van der Waals surface area contributed by atoms with E-state index in [9.17, 15) is 19.5 Å². The van der Waals surface area contributed by atoms with E-state index in [4.69, 9.17) is 17.3 Å². The molecule has 3 aromatic rings. The summed E-state index contributed by atoms with van der Waals surface area (Å²) < 4.78 is 0. The van der Waals surface area contributed by atoms with Gasteiger partial charge in [0, 0.05) is 27.6 Å². The molecule has 0 unspecified atom stereocenters. The molecular formula is C19H11ClN2O4. The largest absolute Gasteiger partial charge is 0.478 e. The number of aromatic carboxylic acids is 1. The number of hydrogen-bond acceptors (Lipinski definition) is 4. The van der Waals surface area contributed by atoms with E-state index in [1.54, 1.807) is 30.3 Å². The molecular weight excluding hydrogens is 356 g/mol. The molecule has 0 saturated carbocycles. The Labute approximate surface area is 152 Å². The van der Waals surface area contributed by atoms with Gasteiger partial charge in [-0.25, -0.2) is 9.69 Å². The summed E-state index contributed by atoms with van der Waals surface area (Å²) in [6.45, 7) is 0. The molecule has 0 fully saturated rings. The number of benzene rings is 3. The predicted octanol–water partition coefficient (Wildman–Crippen LogP) is 3.57. The Bertz CT molecular complexity index is 1120. The molecule has 6 nitrogen and oxygen atoms in total. The van der Waals surface area contributed by atoms with Gasteiger partial charge in [0.25, 0.3) is 11.8 Å². The first kappa shape index (κ1) is 16.1. The van der Waals surface area contributed by atoms with E-state index in [2.05, 4.69) is 0 Å². The van der Waals surface area contributed by atoms with Crippen LogP contribution < -0.4 is 10.6 Å².